The van der Waals surface area contributed by atoms with E-state index in [0.29, 0.717) is 0 Å². The molecule has 0 aliphatic carbocycles. The van der Waals surface area contributed by atoms with Gasteiger partial charge in [-0.2, -0.15) is 26.3 Å². The zero-order valence-electron chi connectivity index (χ0n) is 8.89. The highest BCUT2D eigenvalue weighted by atomic mass is 19.4. The van der Waals surface area contributed by atoms with Gasteiger partial charge in [0.1, 0.15) is 0 Å². The average Bonchev–Trinajstić information content (AvgIpc) is 2.15. The lowest BCUT2D eigenvalue weighted by atomic mass is 9.98. The summed E-state index contributed by atoms with van der Waals surface area (Å²) in [7, 11) is 0. The van der Waals surface area contributed by atoms with Crippen LogP contribution in [0.3, 0.4) is 0 Å². The molecule has 0 nitrogen and oxygen atoms in total. The normalized spacial score (nSPS) is 15.6. The van der Waals surface area contributed by atoms with Gasteiger partial charge < -0.3 is 0 Å². The molecule has 0 radical (unpaired) electrons. The lowest BCUT2D eigenvalue weighted by Gasteiger charge is -2.32. The molecule has 0 bridgehead atoms. The molecule has 0 amide bonds. The van der Waals surface area contributed by atoms with Gasteiger partial charge in [-0.3, -0.25) is 0 Å². The van der Waals surface area contributed by atoms with E-state index in [4.69, 9.17) is 0 Å². The van der Waals surface area contributed by atoms with E-state index in [-0.39, 0.29) is 5.57 Å². The van der Waals surface area contributed by atoms with Crippen LogP contribution in [0.4, 0.5) is 35.1 Å². The van der Waals surface area contributed by atoms with E-state index in [1.54, 1.807) is 0 Å². The van der Waals surface area contributed by atoms with Crippen LogP contribution in [0.15, 0.2) is 11.6 Å². The molecule has 0 atom stereocenters. The second kappa shape index (κ2) is 4.81. The highest BCUT2D eigenvalue weighted by Crippen LogP contribution is 2.50. The summed E-state index contributed by atoms with van der Waals surface area (Å²) in [6.07, 6.45) is -5.57. The molecule has 17 heavy (non-hydrogen) atoms. The summed E-state index contributed by atoms with van der Waals surface area (Å²) in [5.74, 6) is -17.4. The van der Waals surface area contributed by atoms with Crippen LogP contribution in [-0.4, -0.2) is 24.2 Å². The van der Waals surface area contributed by atoms with Crippen molar-refractivity contribution in [2.75, 3.05) is 0 Å². The quantitative estimate of drug-likeness (QED) is 0.509. The minimum absolute atomic E-state index is 0.306. The summed E-state index contributed by atoms with van der Waals surface area (Å²) >= 11 is 0. The van der Waals surface area contributed by atoms with E-state index >= 15 is 0 Å². The largest absolute Gasteiger partial charge is 0.378 e. The van der Waals surface area contributed by atoms with E-state index in [1.165, 1.54) is 6.92 Å². The Morgan fingerprint density at radius 3 is 1.76 bits per heavy atom. The number of hydrogen-bond donors (Lipinski definition) is 0. The van der Waals surface area contributed by atoms with Gasteiger partial charge in [0.05, 0.1) is 0 Å². The van der Waals surface area contributed by atoms with Crippen LogP contribution in [0, 0.1) is 0 Å². The van der Waals surface area contributed by atoms with Crippen LogP contribution in [0.1, 0.15) is 20.3 Å². The summed E-state index contributed by atoms with van der Waals surface area (Å²) in [6.45, 7) is 2.24. The molecule has 0 unspecified atom stereocenters. The Bertz CT molecular complexity index is 291. The standard InChI is InChI=1S/C9H10F8/c1-3-5(2)4-7(12,13)9(16,17)8(14,15)6(10)11/h3,6H,4H2,1-2H3. The number of hydrogen-bond acceptors (Lipinski definition) is 0. The summed E-state index contributed by atoms with van der Waals surface area (Å²) in [5, 5.41) is 0. The molecule has 0 aliphatic heterocycles. The topological polar surface area (TPSA) is 0 Å². The first-order valence-corrected chi connectivity index (χ1v) is 4.43. The van der Waals surface area contributed by atoms with E-state index in [9.17, 15) is 35.1 Å². The first-order valence-electron chi connectivity index (χ1n) is 4.43. The molecular formula is C9H10F8. The van der Waals surface area contributed by atoms with Gasteiger partial charge in [0, 0.05) is 6.42 Å². The first-order chi connectivity index (χ1) is 7.40. The Kier molecular flexibility index (Phi) is 4.58. The average molecular weight is 270 g/mol. The number of allylic oxidation sites excluding steroid dienone is 2. The van der Waals surface area contributed by atoms with Gasteiger partial charge in [0.25, 0.3) is 0 Å². The number of alkyl halides is 8. The van der Waals surface area contributed by atoms with Crippen molar-refractivity contribution in [1.82, 2.24) is 0 Å². The van der Waals surface area contributed by atoms with Crippen LogP contribution in [0.2, 0.25) is 0 Å². The third kappa shape index (κ3) is 2.90. The Hall–Kier alpha value is -0.820. The van der Waals surface area contributed by atoms with Crippen LogP contribution in [0.5, 0.6) is 0 Å². The number of halogens is 8. The van der Waals surface area contributed by atoms with E-state index in [0.717, 1.165) is 13.0 Å². The van der Waals surface area contributed by atoms with Crippen molar-refractivity contribution in [2.45, 2.75) is 44.5 Å². The molecule has 102 valence electrons. The van der Waals surface area contributed by atoms with Crippen LogP contribution >= 0.6 is 0 Å². The van der Waals surface area contributed by atoms with Crippen LogP contribution in [-0.2, 0) is 0 Å². The van der Waals surface area contributed by atoms with E-state index in [2.05, 4.69) is 0 Å². The van der Waals surface area contributed by atoms with Gasteiger partial charge >= 0.3 is 24.2 Å². The van der Waals surface area contributed by atoms with Crippen molar-refractivity contribution in [3.8, 4) is 0 Å². The van der Waals surface area contributed by atoms with Gasteiger partial charge in [-0.25, -0.2) is 8.78 Å². The minimum Gasteiger partial charge on any atom is -0.203 e. The highest BCUT2D eigenvalue weighted by Gasteiger charge is 2.74. The van der Waals surface area contributed by atoms with Gasteiger partial charge in [-0.05, 0) is 13.8 Å². The van der Waals surface area contributed by atoms with Crippen molar-refractivity contribution in [1.29, 1.82) is 0 Å². The Morgan fingerprint density at radius 2 is 1.47 bits per heavy atom. The van der Waals surface area contributed by atoms with Crippen molar-refractivity contribution in [3.05, 3.63) is 11.6 Å². The maximum Gasteiger partial charge on any atom is 0.378 e. The fraction of sp³-hybridized carbons (Fsp3) is 0.778. The monoisotopic (exact) mass is 270 g/mol. The lowest BCUT2D eigenvalue weighted by molar-refractivity contribution is -0.337. The van der Waals surface area contributed by atoms with E-state index < -0.39 is 30.6 Å². The summed E-state index contributed by atoms with van der Waals surface area (Å²) < 4.78 is 99.3. The second-order valence-electron chi connectivity index (χ2n) is 3.51. The zero-order chi connectivity index (χ0) is 14.1. The fourth-order valence-corrected chi connectivity index (χ4v) is 0.944. The smallest absolute Gasteiger partial charge is 0.203 e. The van der Waals surface area contributed by atoms with Crippen LogP contribution < -0.4 is 0 Å². The molecule has 0 saturated heterocycles. The van der Waals surface area contributed by atoms with Gasteiger partial charge in [-0.1, -0.05) is 11.6 Å². The second-order valence-corrected chi connectivity index (χ2v) is 3.51. The van der Waals surface area contributed by atoms with Gasteiger partial charge in [-0.15, -0.1) is 0 Å². The summed E-state index contributed by atoms with van der Waals surface area (Å²) in [4.78, 5) is 0. The molecular weight excluding hydrogens is 260 g/mol. The molecule has 0 N–H and O–H groups in total. The molecule has 0 heterocycles. The first kappa shape index (κ1) is 16.2. The summed E-state index contributed by atoms with van der Waals surface area (Å²) in [5.41, 5.74) is -0.306. The molecule has 0 fully saturated rings. The van der Waals surface area contributed by atoms with Crippen molar-refractivity contribution in [2.24, 2.45) is 0 Å². The minimum atomic E-state index is -6.11. The Balaban J connectivity index is 5.29. The van der Waals surface area contributed by atoms with Crippen molar-refractivity contribution < 1.29 is 35.1 Å². The molecule has 0 aromatic rings. The Labute approximate surface area is 92.3 Å². The third-order valence-electron chi connectivity index (χ3n) is 2.15. The molecule has 0 aliphatic rings. The van der Waals surface area contributed by atoms with Crippen LogP contribution in [0.25, 0.3) is 0 Å². The molecule has 0 rings (SSSR count). The summed E-state index contributed by atoms with van der Waals surface area (Å²) in [6, 6.07) is 0. The maximum atomic E-state index is 12.9. The van der Waals surface area contributed by atoms with E-state index in [1.807, 2.05) is 0 Å². The predicted octanol–water partition coefficient (Wildman–Crippen LogP) is 4.51. The van der Waals surface area contributed by atoms with Crippen molar-refractivity contribution >= 4 is 0 Å². The molecule has 0 aromatic heterocycles. The van der Waals surface area contributed by atoms with Gasteiger partial charge in [0.15, 0.2) is 0 Å². The fourth-order valence-electron chi connectivity index (χ4n) is 0.944. The molecule has 0 saturated carbocycles. The van der Waals surface area contributed by atoms with Gasteiger partial charge in [0.2, 0.25) is 0 Å². The predicted molar refractivity (Wildman–Crippen MR) is 44.9 cm³/mol. The number of rotatable bonds is 5. The molecule has 0 aromatic carbocycles. The molecule has 8 heteroatoms. The SMILES string of the molecule is CC=C(C)CC(F)(F)C(F)(F)C(F)(F)C(F)F. The third-order valence-corrected chi connectivity index (χ3v) is 2.15. The van der Waals surface area contributed by atoms with Crippen molar-refractivity contribution in [3.63, 3.8) is 0 Å². The highest BCUT2D eigenvalue weighted by molar-refractivity contribution is 5.07. The Morgan fingerprint density at radius 1 is 1.06 bits per heavy atom. The molecule has 0 spiro atoms. The zero-order valence-corrected chi connectivity index (χ0v) is 8.89. The maximum absolute atomic E-state index is 12.9. The lowest BCUT2D eigenvalue weighted by Crippen LogP contribution is -2.57.